The molecule has 0 unspecified atom stereocenters. The monoisotopic (exact) mass is 656 g/mol. The number of carbonyl (C=O) groups excluding carboxylic acids is 4. The Morgan fingerprint density at radius 2 is 1.42 bits per heavy atom. The maximum absolute atomic E-state index is 13.3. The largest absolute Gasteiger partial charge is 0.489 e. The lowest BCUT2D eigenvalue weighted by Crippen LogP contribution is -2.48. The maximum atomic E-state index is 13.3. The third kappa shape index (κ3) is 13.6. The van der Waals surface area contributed by atoms with Gasteiger partial charge in [-0.3, -0.25) is 14.4 Å². The van der Waals surface area contributed by atoms with Gasteiger partial charge < -0.3 is 30.0 Å². The van der Waals surface area contributed by atoms with E-state index in [2.05, 4.69) is 23.8 Å². The van der Waals surface area contributed by atoms with E-state index in [1.165, 1.54) is 6.08 Å². The fourth-order valence-corrected chi connectivity index (χ4v) is 4.66. The molecule has 3 rings (SSSR count). The summed E-state index contributed by atoms with van der Waals surface area (Å²) >= 11 is 0. The standard InChI is InChI=1S/C38H44N2O8/c1-3-5-17-36(43)47-27-34(38(45)48-26-30-15-10-7-11-16-30)40-37(44)31(12-4-2)23-35(42)39-32(24-41)22-28-18-20-33(21-19-28)46-25-29-13-8-6-9-14-29/h3-4,6-11,13-16,18-21,31-32,34,41H,1-2,5,12,17,22-27H2,(H,39,42)(H,40,44)/t31-,32-,34+/m0/s1. The SMILES string of the molecule is C=CCCC(=O)OC[C@@H](NC(=O)[C@@H](CC=C)CC(=O)N[C@H](CO)Cc1ccc(OCc2ccccc2)cc1)C(=O)OCc1ccccc1. The van der Waals surface area contributed by atoms with Gasteiger partial charge in [-0.1, -0.05) is 84.9 Å². The molecule has 3 aromatic rings. The van der Waals surface area contributed by atoms with Crippen LogP contribution in [0.2, 0.25) is 0 Å². The second-order valence-electron chi connectivity index (χ2n) is 11.2. The highest BCUT2D eigenvalue weighted by molar-refractivity contribution is 5.89. The molecule has 3 atom stereocenters. The van der Waals surface area contributed by atoms with Crippen LogP contribution in [-0.4, -0.2) is 54.2 Å². The second-order valence-corrected chi connectivity index (χ2v) is 11.2. The van der Waals surface area contributed by atoms with Gasteiger partial charge in [-0.2, -0.15) is 0 Å². The van der Waals surface area contributed by atoms with Crippen molar-refractivity contribution in [3.05, 3.63) is 127 Å². The molecule has 0 aliphatic heterocycles. The highest BCUT2D eigenvalue weighted by Crippen LogP contribution is 2.16. The van der Waals surface area contributed by atoms with Crippen LogP contribution < -0.4 is 15.4 Å². The number of amides is 2. The zero-order valence-electron chi connectivity index (χ0n) is 27.1. The molecule has 0 heterocycles. The van der Waals surface area contributed by atoms with Crippen molar-refractivity contribution in [3.63, 3.8) is 0 Å². The van der Waals surface area contributed by atoms with Crippen molar-refractivity contribution in [2.75, 3.05) is 13.2 Å². The van der Waals surface area contributed by atoms with E-state index in [0.29, 0.717) is 25.2 Å². The van der Waals surface area contributed by atoms with E-state index in [-0.39, 0.29) is 32.5 Å². The minimum Gasteiger partial charge on any atom is -0.489 e. The predicted molar refractivity (Wildman–Crippen MR) is 181 cm³/mol. The van der Waals surface area contributed by atoms with Crippen molar-refractivity contribution >= 4 is 23.8 Å². The van der Waals surface area contributed by atoms with Crippen molar-refractivity contribution in [1.82, 2.24) is 10.6 Å². The molecule has 0 saturated carbocycles. The summed E-state index contributed by atoms with van der Waals surface area (Å²) in [5, 5.41) is 15.4. The van der Waals surface area contributed by atoms with Gasteiger partial charge in [0.2, 0.25) is 11.8 Å². The smallest absolute Gasteiger partial charge is 0.332 e. The number of hydrogen-bond acceptors (Lipinski definition) is 8. The number of esters is 2. The Hall–Kier alpha value is -5.22. The van der Waals surface area contributed by atoms with Gasteiger partial charge in [0.15, 0.2) is 6.04 Å². The Labute approximate surface area is 281 Å². The molecule has 0 aliphatic carbocycles. The van der Waals surface area contributed by atoms with Crippen molar-refractivity contribution < 1.29 is 38.5 Å². The van der Waals surface area contributed by atoms with E-state index in [9.17, 15) is 24.3 Å². The first kappa shape index (κ1) is 37.2. The summed E-state index contributed by atoms with van der Waals surface area (Å²) in [6.07, 6.45) is 3.80. The molecule has 0 fully saturated rings. The Kier molecular flexibility index (Phi) is 16.1. The lowest BCUT2D eigenvalue weighted by Gasteiger charge is -2.22. The van der Waals surface area contributed by atoms with E-state index < -0.39 is 48.4 Å². The van der Waals surface area contributed by atoms with Crippen LogP contribution >= 0.6 is 0 Å². The molecule has 48 heavy (non-hydrogen) atoms. The fourth-order valence-electron chi connectivity index (χ4n) is 4.66. The minimum absolute atomic E-state index is 0.0407. The molecular weight excluding hydrogens is 612 g/mol. The Bertz CT molecular complexity index is 1460. The first-order valence-electron chi connectivity index (χ1n) is 15.9. The number of hydrogen-bond donors (Lipinski definition) is 3. The van der Waals surface area contributed by atoms with E-state index in [1.54, 1.807) is 30.3 Å². The zero-order chi connectivity index (χ0) is 34.6. The summed E-state index contributed by atoms with van der Waals surface area (Å²) in [7, 11) is 0. The van der Waals surface area contributed by atoms with Crippen LogP contribution in [0.25, 0.3) is 0 Å². The van der Waals surface area contributed by atoms with Crippen molar-refractivity contribution in [2.24, 2.45) is 5.92 Å². The number of aliphatic hydroxyl groups excluding tert-OH is 1. The average molecular weight is 657 g/mol. The van der Waals surface area contributed by atoms with Gasteiger partial charge >= 0.3 is 11.9 Å². The lowest BCUT2D eigenvalue weighted by molar-refractivity contribution is -0.155. The first-order chi connectivity index (χ1) is 23.3. The molecule has 0 saturated heterocycles. The highest BCUT2D eigenvalue weighted by atomic mass is 16.6. The first-order valence-corrected chi connectivity index (χ1v) is 15.9. The van der Waals surface area contributed by atoms with Crippen LogP contribution in [0.15, 0.2) is 110 Å². The Morgan fingerprint density at radius 1 is 0.771 bits per heavy atom. The van der Waals surface area contributed by atoms with Crippen molar-refractivity contribution in [1.29, 1.82) is 0 Å². The third-order valence-corrected chi connectivity index (χ3v) is 7.28. The summed E-state index contributed by atoms with van der Waals surface area (Å²) in [5.74, 6) is -2.61. The summed E-state index contributed by atoms with van der Waals surface area (Å²) in [6, 6.07) is 24.3. The van der Waals surface area contributed by atoms with Gasteiger partial charge in [0.05, 0.1) is 18.6 Å². The molecule has 3 aromatic carbocycles. The molecular formula is C38H44N2O8. The predicted octanol–water partition coefficient (Wildman–Crippen LogP) is 4.61. The van der Waals surface area contributed by atoms with Gasteiger partial charge in [-0.25, -0.2) is 4.79 Å². The molecule has 10 nitrogen and oxygen atoms in total. The van der Waals surface area contributed by atoms with Gasteiger partial charge in [0, 0.05) is 12.8 Å². The number of carbonyl (C=O) groups is 4. The van der Waals surface area contributed by atoms with E-state index in [1.807, 2.05) is 60.7 Å². The summed E-state index contributed by atoms with van der Waals surface area (Å²) in [4.78, 5) is 51.5. The van der Waals surface area contributed by atoms with E-state index in [4.69, 9.17) is 14.2 Å². The number of benzene rings is 3. The highest BCUT2D eigenvalue weighted by Gasteiger charge is 2.29. The molecule has 10 heteroatoms. The van der Waals surface area contributed by atoms with Crippen LogP contribution in [0.1, 0.15) is 42.4 Å². The van der Waals surface area contributed by atoms with Crippen molar-refractivity contribution in [2.45, 2.75) is 57.4 Å². The van der Waals surface area contributed by atoms with Gasteiger partial charge in [-0.05, 0) is 48.1 Å². The van der Waals surface area contributed by atoms with Crippen molar-refractivity contribution in [3.8, 4) is 5.75 Å². The number of aliphatic hydroxyl groups is 1. The van der Waals surface area contributed by atoms with Crippen LogP contribution in [-0.2, 0) is 48.3 Å². The number of nitrogens with one attached hydrogen (secondary N) is 2. The zero-order valence-corrected chi connectivity index (χ0v) is 27.1. The lowest BCUT2D eigenvalue weighted by atomic mass is 9.98. The molecule has 0 bridgehead atoms. The average Bonchev–Trinajstić information content (AvgIpc) is 3.11. The molecule has 0 radical (unpaired) electrons. The second kappa shape index (κ2) is 20.8. The number of ether oxygens (including phenoxy) is 3. The quantitative estimate of drug-likeness (QED) is 0.112. The Morgan fingerprint density at radius 3 is 2.02 bits per heavy atom. The molecule has 2 amide bonds. The van der Waals surface area contributed by atoms with Crippen LogP contribution in [0.4, 0.5) is 0 Å². The van der Waals surface area contributed by atoms with Gasteiger partial charge in [-0.15, -0.1) is 13.2 Å². The Balaban J connectivity index is 1.57. The maximum Gasteiger partial charge on any atom is 0.332 e. The molecule has 0 spiro atoms. The normalized spacial score (nSPS) is 12.4. The van der Waals surface area contributed by atoms with E-state index in [0.717, 1.165) is 16.7 Å². The van der Waals surface area contributed by atoms with E-state index >= 15 is 0 Å². The third-order valence-electron chi connectivity index (χ3n) is 7.28. The topological polar surface area (TPSA) is 140 Å². The van der Waals surface area contributed by atoms with Crippen LogP contribution in [0.3, 0.4) is 0 Å². The molecule has 0 aromatic heterocycles. The summed E-state index contributed by atoms with van der Waals surface area (Å²) < 4.78 is 16.5. The number of allylic oxidation sites excluding steroid dienone is 2. The molecule has 3 N–H and O–H groups in total. The number of rotatable bonds is 21. The fraction of sp³-hybridized carbons (Fsp3) is 0.316. The molecule has 254 valence electrons. The molecule has 0 aliphatic rings. The summed E-state index contributed by atoms with van der Waals surface area (Å²) in [6.45, 7) is 6.91. The minimum atomic E-state index is -1.30. The van der Waals surface area contributed by atoms with Crippen LogP contribution in [0, 0.1) is 5.92 Å². The van der Waals surface area contributed by atoms with Gasteiger partial charge in [0.25, 0.3) is 0 Å². The summed E-state index contributed by atoms with van der Waals surface area (Å²) in [5.41, 5.74) is 2.67. The van der Waals surface area contributed by atoms with Crippen LogP contribution in [0.5, 0.6) is 5.75 Å². The van der Waals surface area contributed by atoms with Gasteiger partial charge in [0.1, 0.15) is 25.6 Å².